The molecule has 0 unspecified atom stereocenters. The molecule has 0 rings (SSSR count). The van der Waals surface area contributed by atoms with Gasteiger partial charge in [-0.05, 0) is 53.0 Å². The molecular weight excluding hydrogens is 422 g/mol. The molecule has 0 aromatic rings. The van der Waals surface area contributed by atoms with E-state index >= 15 is 0 Å². The third kappa shape index (κ3) is 8.41. The van der Waals surface area contributed by atoms with Gasteiger partial charge in [0.15, 0.2) is 0 Å². The number of amides is 2. The summed E-state index contributed by atoms with van der Waals surface area (Å²) in [5.74, 6) is -0.955. The number of carbonyl (C=O) groups excluding carboxylic acids is 3. The first-order valence-electron chi connectivity index (χ1n) is 11.8. The van der Waals surface area contributed by atoms with Gasteiger partial charge in [0.2, 0.25) is 11.8 Å². The summed E-state index contributed by atoms with van der Waals surface area (Å²) in [6.45, 7) is 18.7. The van der Waals surface area contributed by atoms with Crippen LogP contribution in [0.3, 0.4) is 0 Å². The van der Waals surface area contributed by atoms with Crippen LogP contribution >= 0.6 is 0 Å². The van der Waals surface area contributed by atoms with Crippen LogP contribution in [0.4, 0.5) is 0 Å². The molecule has 0 bridgehead atoms. The normalized spacial score (nSPS) is 15.6. The van der Waals surface area contributed by atoms with Crippen LogP contribution in [0.1, 0.15) is 69.2 Å². The largest absolute Gasteiger partial charge is 0.463 e. The number of carbonyl (C=O) groups is 3. The van der Waals surface area contributed by atoms with Crippen LogP contribution in [0.2, 0.25) is 0 Å². The molecule has 0 heterocycles. The Kier molecular flexibility index (Phi) is 11.8. The zero-order chi connectivity index (χ0) is 26.3. The number of rotatable bonds is 11. The lowest BCUT2D eigenvalue weighted by atomic mass is 9.83. The van der Waals surface area contributed by atoms with Crippen LogP contribution in [-0.2, 0) is 19.1 Å². The Hall–Kier alpha value is -1.93. The standard InChI is InChI=1S/C25H47N3O5/c1-13-28(21(29)19(26-11)25(9,10)32)20(24(6,7)8)22(30)27(12)18(16(3)4)15-17(5)23(31)33-14-2/h15-16,18-20,26,32H,13-14H2,1-12H3/b17-15+/t18-,19-,20-/m1/s1. The molecule has 0 fully saturated rings. The number of nitrogens with one attached hydrogen (secondary N) is 1. The van der Waals surface area contributed by atoms with Gasteiger partial charge < -0.3 is 25.0 Å². The third-order valence-electron chi connectivity index (χ3n) is 5.73. The lowest BCUT2D eigenvalue weighted by molar-refractivity contribution is -0.155. The fraction of sp³-hybridized carbons (Fsp3) is 0.800. The zero-order valence-corrected chi connectivity index (χ0v) is 22.8. The number of esters is 1. The average Bonchev–Trinajstić information content (AvgIpc) is 2.67. The van der Waals surface area contributed by atoms with Crippen molar-refractivity contribution in [3.05, 3.63) is 11.6 Å². The molecule has 0 saturated heterocycles. The van der Waals surface area contributed by atoms with Gasteiger partial charge in [-0.2, -0.15) is 0 Å². The van der Waals surface area contributed by atoms with E-state index in [-0.39, 0.29) is 30.4 Å². The maximum atomic E-state index is 13.9. The van der Waals surface area contributed by atoms with E-state index in [9.17, 15) is 19.5 Å². The summed E-state index contributed by atoms with van der Waals surface area (Å²) in [4.78, 5) is 42.7. The van der Waals surface area contributed by atoms with Crippen LogP contribution in [0, 0.1) is 11.3 Å². The van der Waals surface area contributed by atoms with E-state index in [1.807, 2.05) is 41.5 Å². The molecule has 192 valence electrons. The van der Waals surface area contributed by atoms with Crippen molar-refractivity contribution in [1.82, 2.24) is 15.1 Å². The molecule has 0 aliphatic carbocycles. The van der Waals surface area contributed by atoms with E-state index < -0.39 is 29.1 Å². The quantitative estimate of drug-likeness (QED) is 0.356. The van der Waals surface area contributed by atoms with E-state index in [2.05, 4.69) is 5.32 Å². The Bertz CT molecular complexity index is 704. The molecular formula is C25H47N3O5. The van der Waals surface area contributed by atoms with E-state index in [0.717, 1.165) is 0 Å². The van der Waals surface area contributed by atoms with E-state index in [1.54, 1.807) is 52.8 Å². The van der Waals surface area contributed by atoms with Crippen molar-refractivity contribution < 1.29 is 24.2 Å². The van der Waals surface area contributed by atoms with Gasteiger partial charge in [0, 0.05) is 19.2 Å². The second-order valence-electron chi connectivity index (χ2n) is 10.5. The predicted molar refractivity (Wildman–Crippen MR) is 132 cm³/mol. The molecule has 0 aromatic carbocycles. The van der Waals surface area contributed by atoms with Gasteiger partial charge in [0.25, 0.3) is 0 Å². The summed E-state index contributed by atoms with van der Waals surface area (Å²) in [7, 11) is 3.32. The third-order valence-corrected chi connectivity index (χ3v) is 5.73. The molecule has 8 nitrogen and oxygen atoms in total. The molecule has 0 saturated carbocycles. The highest BCUT2D eigenvalue weighted by Gasteiger charge is 2.45. The van der Waals surface area contributed by atoms with Gasteiger partial charge >= 0.3 is 5.97 Å². The molecule has 3 atom stereocenters. The van der Waals surface area contributed by atoms with Crippen molar-refractivity contribution in [1.29, 1.82) is 0 Å². The van der Waals surface area contributed by atoms with E-state index in [4.69, 9.17) is 4.74 Å². The first-order valence-corrected chi connectivity index (χ1v) is 11.8. The van der Waals surface area contributed by atoms with Gasteiger partial charge in [0.1, 0.15) is 12.1 Å². The Morgan fingerprint density at radius 1 is 1.06 bits per heavy atom. The predicted octanol–water partition coefficient (Wildman–Crippen LogP) is 2.60. The lowest BCUT2D eigenvalue weighted by Crippen LogP contribution is -2.63. The monoisotopic (exact) mass is 469 g/mol. The smallest absolute Gasteiger partial charge is 0.333 e. The molecule has 2 amide bonds. The molecule has 2 N–H and O–H groups in total. The highest BCUT2D eigenvalue weighted by molar-refractivity contribution is 5.91. The highest BCUT2D eigenvalue weighted by atomic mass is 16.5. The molecule has 0 aromatic heterocycles. The maximum absolute atomic E-state index is 13.9. The van der Waals surface area contributed by atoms with Crippen molar-refractivity contribution in [3.63, 3.8) is 0 Å². The minimum absolute atomic E-state index is 0.0242. The van der Waals surface area contributed by atoms with Crippen molar-refractivity contribution >= 4 is 17.8 Å². The first-order chi connectivity index (χ1) is 14.9. The summed E-state index contributed by atoms with van der Waals surface area (Å²) >= 11 is 0. The zero-order valence-electron chi connectivity index (χ0n) is 22.8. The van der Waals surface area contributed by atoms with E-state index in [1.165, 1.54) is 4.90 Å². The summed E-state index contributed by atoms with van der Waals surface area (Å²) in [5, 5.41) is 13.4. The molecule has 0 aliphatic heterocycles. The van der Waals surface area contributed by atoms with E-state index in [0.29, 0.717) is 12.1 Å². The Balaban J connectivity index is 6.33. The molecule has 0 spiro atoms. The maximum Gasteiger partial charge on any atom is 0.333 e. The number of hydrogen-bond acceptors (Lipinski definition) is 6. The van der Waals surface area contributed by atoms with Crippen molar-refractivity contribution in [2.75, 3.05) is 27.2 Å². The minimum atomic E-state index is -1.31. The van der Waals surface area contributed by atoms with Crippen LogP contribution in [0.15, 0.2) is 11.6 Å². The second-order valence-corrected chi connectivity index (χ2v) is 10.5. The number of ether oxygens (including phenoxy) is 1. The van der Waals surface area contributed by atoms with Crippen LogP contribution < -0.4 is 5.32 Å². The van der Waals surface area contributed by atoms with Gasteiger partial charge in [-0.3, -0.25) is 9.59 Å². The summed E-state index contributed by atoms with van der Waals surface area (Å²) in [5.41, 5.74) is -1.45. The van der Waals surface area contributed by atoms with Crippen LogP contribution in [0.25, 0.3) is 0 Å². The summed E-state index contributed by atoms with van der Waals surface area (Å²) in [6.07, 6.45) is 1.76. The second kappa shape index (κ2) is 12.5. The van der Waals surface area contributed by atoms with Gasteiger partial charge in [-0.1, -0.05) is 40.7 Å². The topological polar surface area (TPSA) is 99.2 Å². The minimum Gasteiger partial charge on any atom is -0.463 e. The SMILES string of the molecule is CCOC(=O)/C(C)=C/[C@H](C(C)C)N(C)C(=O)[C@@H](N(CC)C(=O)[C@@H](NC)C(C)(C)O)C(C)(C)C. The van der Waals surface area contributed by atoms with Crippen molar-refractivity contribution in [2.24, 2.45) is 11.3 Å². The highest BCUT2D eigenvalue weighted by Crippen LogP contribution is 2.29. The molecule has 8 heteroatoms. The average molecular weight is 470 g/mol. The number of nitrogens with zero attached hydrogens (tertiary/aromatic N) is 2. The Morgan fingerprint density at radius 2 is 1.58 bits per heavy atom. The number of aliphatic hydroxyl groups is 1. The first kappa shape index (κ1) is 31.1. The van der Waals surface area contributed by atoms with Gasteiger partial charge in [-0.15, -0.1) is 0 Å². The van der Waals surface area contributed by atoms with Crippen molar-refractivity contribution in [2.45, 2.75) is 93.0 Å². The fourth-order valence-electron chi connectivity index (χ4n) is 4.04. The van der Waals surface area contributed by atoms with Crippen LogP contribution in [0.5, 0.6) is 0 Å². The lowest BCUT2D eigenvalue weighted by Gasteiger charge is -2.44. The number of hydrogen-bond donors (Lipinski definition) is 2. The Labute approximate surface area is 200 Å². The summed E-state index contributed by atoms with van der Waals surface area (Å²) in [6, 6.07) is -2.00. The molecule has 0 aliphatic rings. The van der Waals surface area contributed by atoms with Gasteiger partial charge in [-0.25, -0.2) is 4.79 Å². The Morgan fingerprint density at radius 3 is 1.91 bits per heavy atom. The summed E-state index contributed by atoms with van der Waals surface area (Å²) < 4.78 is 5.09. The molecule has 33 heavy (non-hydrogen) atoms. The number of likely N-dealkylation sites (N-methyl/N-ethyl adjacent to an activating group) is 3. The fourth-order valence-corrected chi connectivity index (χ4v) is 4.04. The van der Waals surface area contributed by atoms with Gasteiger partial charge in [0.05, 0.1) is 18.2 Å². The van der Waals surface area contributed by atoms with Crippen LogP contribution in [-0.4, -0.2) is 83.7 Å². The molecule has 0 radical (unpaired) electrons. The van der Waals surface area contributed by atoms with Crippen molar-refractivity contribution in [3.8, 4) is 0 Å².